The van der Waals surface area contributed by atoms with Crippen LogP contribution < -0.4 is 14.8 Å². The molecule has 2 atom stereocenters. The zero-order valence-electron chi connectivity index (χ0n) is 21.3. The third-order valence-corrected chi connectivity index (χ3v) is 7.60. The Balaban J connectivity index is 1.51. The van der Waals surface area contributed by atoms with Crippen molar-refractivity contribution >= 4 is 11.8 Å². The van der Waals surface area contributed by atoms with E-state index in [1.54, 1.807) is 0 Å². The van der Waals surface area contributed by atoms with Gasteiger partial charge in [0.1, 0.15) is 0 Å². The number of ether oxygens (including phenoxy) is 2. The van der Waals surface area contributed by atoms with E-state index in [-0.39, 0.29) is 17.9 Å². The highest BCUT2D eigenvalue weighted by molar-refractivity contribution is 6.01. The molecule has 2 aliphatic heterocycles. The molecule has 6 heteroatoms. The lowest BCUT2D eigenvalue weighted by atomic mass is 9.75. The van der Waals surface area contributed by atoms with Crippen molar-refractivity contribution in [3.8, 4) is 11.5 Å². The van der Waals surface area contributed by atoms with Gasteiger partial charge in [0.15, 0.2) is 11.5 Å². The molecule has 36 heavy (non-hydrogen) atoms. The summed E-state index contributed by atoms with van der Waals surface area (Å²) in [5, 5.41) is 3.22. The summed E-state index contributed by atoms with van der Waals surface area (Å²) in [5.41, 5.74) is 4.96. The molecule has 2 aromatic rings. The van der Waals surface area contributed by atoms with Gasteiger partial charge in [-0.25, -0.2) is 0 Å². The number of nitrogens with zero attached hydrogens (tertiary/aromatic N) is 1. The SMILES string of the molecule is CCOc1cc2c(cc1OCC)[C@H]1[C@@H](C(=O)NCCC3=CCCCC3)c3ccccc3C(=O)N1CC2. The van der Waals surface area contributed by atoms with E-state index in [0.29, 0.717) is 44.0 Å². The molecule has 2 amide bonds. The molecule has 0 spiro atoms. The smallest absolute Gasteiger partial charge is 0.254 e. The lowest BCUT2D eigenvalue weighted by Crippen LogP contribution is -2.50. The number of carbonyl (C=O) groups is 2. The van der Waals surface area contributed by atoms with Gasteiger partial charge < -0.3 is 19.7 Å². The molecule has 2 heterocycles. The molecule has 2 aromatic carbocycles. The maximum absolute atomic E-state index is 13.8. The van der Waals surface area contributed by atoms with Crippen LogP contribution in [0.1, 0.15) is 85.0 Å². The first-order chi connectivity index (χ1) is 17.6. The Kier molecular flexibility index (Phi) is 7.30. The van der Waals surface area contributed by atoms with Crippen LogP contribution in [0.25, 0.3) is 0 Å². The summed E-state index contributed by atoms with van der Waals surface area (Å²) in [6, 6.07) is 11.2. The number of hydrogen-bond donors (Lipinski definition) is 1. The predicted molar refractivity (Wildman–Crippen MR) is 140 cm³/mol. The molecule has 0 bridgehead atoms. The molecule has 5 rings (SSSR count). The number of benzene rings is 2. The summed E-state index contributed by atoms with van der Waals surface area (Å²) in [6.07, 6.45) is 8.69. The van der Waals surface area contributed by atoms with Crippen molar-refractivity contribution in [1.29, 1.82) is 0 Å². The van der Waals surface area contributed by atoms with Crippen molar-refractivity contribution in [2.45, 2.75) is 64.3 Å². The third kappa shape index (κ3) is 4.61. The highest BCUT2D eigenvalue weighted by Gasteiger charge is 2.46. The Bertz CT molecular complexity index is 1170. The van der Waals surface area contributed by atoms with Gasteiger partial charge in [-0.2, -0.15) is 0 Å². The maximum atomic E-state index is 13.8. The summed E-state index contributed by atoms with van der Waals surface area (Å²) in [6.45, 7) is 6.14. The Morgan fingerprint density at radius 1 is 1.03 bits per heavy atom. The number of rotatable bonds is 8. The summed E-state index contributed by atoms with van der Waals surface area (Å²) in [4.78, 5) is 29.3. The summed E-state index contributed by atoms with van der Waals surface area (Å²) in [5.74, 6) is 0.863. The Hall–Kier alpha value is -3.28. The number of fused-ring (bicyclic) bond motifs is 4. The van der Waals surface area contributed by atoms with Crippen LogP contribution in [0.4, 0.5) is 0 Å². The zero-order chi connectivity index (χ0) is 25.1. The van der Waals surface area contributed by atoms with Gasteiger partial charge in [-0.1, -0.05) is 29.8 Å². The second kappa shape index (κ2) is 10.8. The van der Waals surface area contributed by atoms with Crippen LogP contribution in [0.2, 0.25) is 0 Å². The molecule has 1 aliphatic carbocycles. The van der Waals surface area contributed by atoms with Crippen LogP contribution >= 0.6 is 0 Å². The molecule has 0 saturated carbocycles. The fourth-order valence-corrected chi connectivity index (χ4v) is 5.94. The maximum Gasteiger partial charge on any atom is 0.254 e. The van der Waals surface area contributed by atoms with Crippen LogP contribution in [-0.2, 0) is 11.2 Å². The van der Waals surface area contributed by atoms with E-state index in [9.17, 15) is 9.59 Å². The van der Waals surface area contributed by atoms with Gasteiger partial charge >= 0.3 is 0 Å². The fraction of sp³-hybridized carbons (Fsp3) is 0.467. The average molecular weight is 489 g/mol. The highest BCUT2D eigenvalue weighted by Crippen LogP contribution is 2.48. The molecule has 0 unspecified atom stereocenters. The van der Waals surface area contributed by atoms with Gasteiger partial charge in [-0.3, -0.25) is 9.59 Å². The molecule has 190 valence electrons. The second-order valence-corrected chi connectivity index (χ2v) is 9.77. The van der Waals surface area contributed by atoms with Crippen LogP contribution in [0.15, 0.2) is 48.0 Å². The summed E-state index contributed by atoms with van der Waals surface area (Å²) >= 11 is 0. The molecule has 0 fully saturated rings. The van der Waals surface area contributed by atoms with Crippen molar-refractivity contribution in [2.75, 3.05) is 26.3 Å². The Morgan fingerprint density at radius 3 is 2.56 bits per heavy atom. The minimum atomic E-state index is -0.481. The van der Waals surface area contributed by atoms with Crippen LogP contribution in [0.5, 0.6) is 11.5 Å². The molecule has 0 radical (unpaired) electrons. The molecule has 3 aliphatic rings. The van der Waals surface area contributed by atoms with E-state index in [0.717, 1.165) is 41.7 Å². The van der Waals surface area contributed by atoms with Gasteiger partial charge in [0.2, 0.25) is 5.91 Å². The van der Waals surface area contributed by atoms with Gasteiger partial charge in [-0.15, -0.1) is 0 Å². The van der Waals surface area contributed by atoms with Crippen molar-refractivity contribution < 1.29 is 19.1 Å². The van der Waals surface area contributed by atoms with Crippen LogP contribution in [0, 0.1) is 0 Å². The predicted octanol–water partition coefficient (Wildman–Crippen LogP) is 5.33. The number of amides is 2. The molecular weight excluding hydrogens is 452 g/mol. The van der Waals surface area contributed by atoms with E-state index in [4.69, 9.17) is 9.47 Å². The average Bonchev–Trinajstić information content (AvgIpc) is 2.90. The quantitative estimate of drug-likeness (QED) is 0.510. The van der Waals surface area contributed by atoms with E-state index >= 15 is 0 Å². The Morgan fingerprint density at radius 2 is 1.81 bits per heavy atom. The topological polar surface area (TPSA) is 67.9 Å². The lowest BCUT2D eigenvalue weighted by molar-refractivity contribution is -0.124. The fourth-order valence-electron chi connectivity index (χ4n) is 5.94. The monoisotopic (exact) mass is 488 g/mol. The number of allylic oxidation sites excluding steroid dienone is 1. The first kappa shape index (κ1) is 24.4. The second-order valence-electron chi connectivity index (χ2n) is 9.77. The van der Waals surface area contributed by atoms with Crippen LogP contribution in [0.3, 0.4) is 0 Å². The molecule has 0 aromatic heterocycles. The largest absolute Gasteiger partial charge is 0.490 e. The minimum Gasteiger partial charge on any atom is -0.490 e. The Labute approximate surface area is 213 Å². The molecule has 0 saturated heterocycles. The number of carbonyl (C=O) groups excluding carboxylic acids is 2. The molecular formula is C30H36N2O4. The van der Waals surface area contributed by atoms with E-state index in [1.807, 2.05) is 55.1 Å². The van der Waals surface area contributed by atoms with Crippen molar-refractivity contribution in [3.63, 3.8) is 0 Å². The molecule has 1 N–H and O–H groups in total. The van der Waals surface area contributed by atoms with Gasteiger partial charge in [0, 0.05) is 18.7 Å². The normalized spacial score (nSPS) is 20.6. The summed E-state index contributed by atoms with van der Waals surface area (Å²) < 4.78 is 11.8. The van der Waals surface area contributed by atoms with Gasteiger partial charge in [-0.05, 0) is 87.3 Å². The van der Waals surface area contributed by atoms with E-state index in [2.05, 4.69) is 11.4 Å². The van der Waals surface area contributed by atoms with Gasteiger partial charge in [0.05, 0.1) is 25.2 Å². The van der Waals surface area contributed by atoms with Crippen molar-refractivity contribution in [2.24, 2.45) is 0 Å². The standard InChI is InChI=1S/C30H36N2O4/c1-3-35-25-18-21-15-17-32-28(24(21)19-26(25)36-4-2)27(22-12-8-9-13-23(22)30(32)34)29(33)31-16-14-20-10-6-5-7-11-20/h8-10,12-13,18-19,27-28H,3-7,11,14-17H2,1-2H3,(H,31,33)/t27-,28-/m0/s1. The number of nitrogens with one attached hydrogen (secondary N) is 1. The molecule has 6 nitrogen and oxygen atoms in total. The third-order valence-electron chi connectivity index (χ3n) is 7.60. The van der Waals surface area contributed by atoms with E-state index in [1.165, 1.54) is 18.4 Å². The lowest BCUT2D eigenvalue weighted by Gasteiger charge is -2.45. The first-order valence-corrected chi connectivity index (χ1v) is 13.4. The number of hydrogen-bond acceptors (Lipinski definition) is 4. The van der Waals surface area contributed by atoms with Crippen LogP contribution in [-0.4, -0.2) is 43.0 Å². The van der Waals surface area contributed by atoms with Gasteiger partial charge in [0.25, 0.3) is 5.91 Å². The highest BCUT2D eigenvalue weighted by atomic mass is 16.5. The first-order valence-electron chi connectivity index (χ1n) is 13.4. The van der Waals surface area contributed by atoms with Crippen molar-refractivity contribution in [1.82, 2.24) is 10.2 Å². The van der Waals surface area contributed by atoms with Crippen molar-refractivity contribution in [3.05, 3.63) is 70.3 Å². The zero-order valence-corrected chi connectivity index (χ0v) is 21.3. The summed E-state index contributed by atoms with van der Waals surface area (Å²) in [7, 11) is 0. The minimum absolute atomic E-state index is 0.00972. The van der Waals surface area contributed by atoms with E-state index < -0.39 is 5.92 Å².